The largest absolute Gasteiger partial charge is 0.476 e. The highest BCUT2D eigenvalue weighted by atomic mass is 16.6. The fourth-order valence-corrected chi connectivity index (χ4v) is 1.93. The van der Waals surface area contributed by atoms with Gasteiger partial charge in [-0.25, -0.2) is 4.98 Å². The fraction of sp³-hybridized carbons (Fsp3) is 0.667. The summed E-state index contributed by atoms with van der Waals surface area (Å²) in [5, 5.41) is 14.2. The number of nitro groups is 1. The van der Waals surface area contributed by atoms with Gasteiger partial charge in [0.25, 0.3) is 5.88 Å². The molecule has 0 aliphatic heterocycles. The van der Waals surface area contributed by atoms with Crippen LogP contribution < -0.4 is 10.1 Å². The number of anilines is 1. The first-order valence-electron chi connectivity index (χ1n) is 6.55. The monoisotopic (exact) mass is 283 g/mol. The molecule has 0 amide bonds. The van der Waals surface area contributed by atoms with Crippen LogP contribution in [-0.2, 0) is 0 Å². The van der Waals surface area contributed by atoms with Crippen LogP contribution in [0.3, 0.4) is 0 Å². The number of hydrogen-bond donors (Lipinski definition) is 1. The number of ether oxygens (including phenoxy) is 1. The fourth-order valence-electron chi connectivity index (χ4n) is 1.93. The van der Waals surface area contributed by atoms with Crippen molar-refractivity contribution < 1.29 is 9.66 Å². The van der Waals surface area contributed by atoms with E-state index >= 15 is 0 Å². The SMILES string of the molecule is CCN(CC)CC(C)Nc1ncnc(OC)c1[N+](=O)[O-]. The number of aromatic nitrogens is 2. The number of hydrogen-bond acceptors (Lipinski definition) is 7. The highest BCUT2D eigenvalue weighted by molar-refractivity contribution is 5.61. The van der Waals surface area contributed by atoms with Crippen molar-refractivity contribution in [2.75, 3.05) is 32.1 Å². The second-order valence-corrected chi connectivity index (χ2v) is 4.37. The van der Waals surface area contributed by atoms with Crippen molar-refractivity contribution in [2.24, 2.45) is 0 Å². The Kier molecular flexibility index (Phi) is 6.10. The molecule has 1 rings (SSSR count). The molecule has 0 aliphatic rings. The van der Waals surface area contributed by atoms with Crippen molar-refractivity contribution in [1.29, 1.82) is 0 Å². The smallest absolute Gasteiger partial charge is 0.372 e. The first kappa shape index (κ1) is 16.1. The van der Waals surface area contributed by atoms with Crippen LogP contribution >= 0.6 is 0 Å². The Balaban J connectivity index is 2.89. The minimum Gasteiger partial charge on any atom is -0.476 e. The number of nitrogens with one attached hydrogen (secondary N) is 1. The third-order valence-electron chi connectivity index (χ3n) is 2.97. The lowest BCUT2D eigenvalue weighted by Crippen LogP contribution is -2.35. The Morgan fingerprint density at radius 3 is 2.60 bits per heavy atom. The van der Waals surface area contributed by atoms with Crippen LogP contribution in [0.25, 0.3) is 0 Å². The Bertz CT molecular complexity index is 451. The summed E-state index contributed by atoms with van der Waals surface area (Å²) in [7, 11) is 1.35. The summed E-state index contributed by atoms with van der Waals surface area (Å²) in [4.78, 5) is 20.5. The van der Waals surface area contributed by atoms with E-state index in [4.69, 9.17) is 4.74 Å². The molecule has 1 aromatic rings. The molecule has 0 radical (unpaired) electrons. The molecule has 0 bridgehead atoms. The minimum atomic E-state index is -0.536. The maximum absolute atomic E-state index is 11.1. The van der Waals surface area contributed by atoms with E-state index in [1.54, 1.807) is 0 Å². The third-order valence-corrected chi connectivity index (χ3v) is 2.97. The second kappa shape index (κ2) is 7.59. The van der Waals surface area contributed by atoms with Crippen molar-refractivity contribution in [3.63, 3.8) is 0 Å². The topological polar surface area (TPSA) is 93.4 Å². The van der Waals surface area contributed by atoms with Crippen molar-refractivity contribution >= 4 is 11.5 Å². The molecule has 8 heteroatoms. The molecule has 0 spiro atoms. The lowest BCUT2D eigenvalue weighted by molar-refractivity contribution is -0.385. The van der Waals surface area contributed by atoms with E-state index in [9.17, 15) is 10.1 Å². The summed E-state index contributed by atoms with van der Waals surface area (Å²) >= 11 is 0. The number of nitrogens with zero attached hydrogens (tertiary/aromatic N) is 4. The molecule has 1 unspecified atom stereocenters. The highest BCUT2D eigenvalue weighted by Gasteiger charge is 2.24. The molecule has 20 heavy (non-hydrogen) atoms. The molecule has 0 aromatic carbocycles. The van der Waals surface area contributed by atoms with Gasteiger partial charge in [0, 0.05) is 12.6 Å². The predicted molar refractivity (Wildman–Crippen MR) is 76.1 cm³/mol. The van der Waals surface area contributed by atoms with Crippen LogP contribution in [0.4, 0.5) is 11.5 Å². The lowest BCUT2D eigenvalue weighted by Gasteiger charge is -2.23. The number of rotatable bonds is 8. The Hall–Kier alpha value is -1.96. The summed E-state index contributed by atoms with van der Waals surface area (Å²) < 4.78 is 4.91. The average Bonchev–Trinajstić information content (AvgIpc) is 2.43. The molecule has 0 aliphatic carbocycles. The molecule has 8 nitrogen and oxygen atoms in total. The minimum absolute atomic E-state index is 0.0215. The molecule has 1 heterocycles. The van der Waals surface area contributed by atoms with Crippen LogP contribution in [0.2, 0.25) is 0 Å². The van der Waals surface area contributed by atoms with Crippen LogP contribution in [0.5, 0.6) is 5.88 Å². The zero-order valence-corrected chi connectivity index (χ0v) is 12.3. The van der Waals surface area contributed by atoms with Crippen LogP contribution in [0.15, 0.2) is 6.33 Å². The standard InChI is InChI=1S/C12H21N5O3/c1-5-16(6-2)7-9(3)15-11-10(17(18)19)12(20-4)14-8-13-11/h8-9H,5-7H2,1-4H3,(H,13,14,15). The van der Waals surface area contributed by atoms with E-state index in [0.29, 0.717) is 0 Å². The summed E-state index contributed by atoms with van der Waals surface area (Å²) in [6.45, 7) is 8.74. The molecule has 112 valence electrons. The molecule has 0 fully saturated rings. The van der Waals surface area contributed by atoms with E-state index < -0.39 is 4.92 Å². The Labute approximate surface area is 118 Å². The summed E-state index contributed by atoms with van der Waals surface area (Å²) in [5.74, 6) is 0.143. The number of methoxy groups -OCH3 is 1. The lowest BCUT2D eigenvalue weighted by atomic mass is 10.3. The first-order chi connectivity index (χ1) is 9.53. The van der Waals surface area contributed by atoms with Gasteiger partial charge in [0.05, 0.1) is 12.0 Å². The summed E-state index contributed by atoms with van der Waals surface area (Å²) in [6, 6.07) is 0.0215. The van der Waals surface area contributed by atoms with Crippen molar-refractivity contribution in [2.45, 2.75) is 26.8 Å². The van der Waals surface area contributed by atoms with Crippen molar-refractivity contribution in [3.05, 3.63) is 16.4 Å². The highest BCUT2D eigenvalue weighted by Crippen LogP contribution is 2.30. The predicted octanol–water partition coefficient (Wildman–Crippen LogP) is 1.54. The molecule has 0 saturated carbocycles. The average molecular weight is 283 g/mol. The van der Waals surface area contributed by atoms with Crippen LogP contribution in [0.1, 0.15) is 20.8 Å². The molecular weight excluding hydrogens is 262 g/mol. The molecular formula is C12H21N5O3. The van der Waals surface area contributed by atoms with Gasteiger partial charge in [-0.1, -0.05) is 13.8 Å². The molecule has 1 N–H and O–H groups in total. The van der Waals surface area contributed by atoms with Gasteiger partial charge in [0.15, 0.2) is 0 Å². The summed E-state index contributed by atoms with van der Waals surface area (Å²) in [5.41, 5.74) is -0.235. The third kappa shape index (κ3) is 4.02. The number of likely N-dealkylation sites (N-methyl/N-ethyl adjacent to an activating group) is 1. The maximum atomic E-state index is 11.1. The molecule has 0 saturated heterocycles. The Morgan fingerprint density at radius 2 is 2.10 bits per heavy atom. The van der Waals surface area contributed by atoms with Gasteiger partial charge in [0.1, 0.15) is 6.33 Å². The normalized spacial score (nSPS) is 12.2. The summed E-state index contributed by atoms with van der Waals surface area (Å²) in [6.07, 6.45) is 1.25. The maximum Gasteiger partial charge on any atom is 0.372 e. The molecule has 1 aromatic heterocycles. The Morgan fingerprint density at radius 1 is 1.45 bits per heavy atom. The van der Waals surface area contributed by atoms with E-state index in [0.717, 1.165) is 19.6 Å². The van der Waals surface area contributed by atoms with E-state index in [1.165, 1.54) is 13.4 Å². The van der Waals surface area contributed by atoms with Gasteiger partial charge in [0.2, 0.25) is 5.82 Å². The van der Waals surface area contributed by atoms with Crippen molar-refractivity contribution in [1.82, 2.24) is 14.9 Å². The van der Waals surface area contributed by atoms with E-state index in [2.05, 4.69) is 34.0 Å². The second-order valence-electron chi connectivity index (χ2n) is 4.37. The van der Waals surface area contributed by atoms with Gasteiger partial charge in [-0.3, -0.25) is 10.1 Å². The van der Waals surface area contributed by atoms with E-state index in [-0.39, 0.29) is 23.4 Å². The van der Waals surface area contributed by atoms with Crippen LogP contribution in [0, 0.1) is 10.1 Å². The quantitative estimate of drug-likeness (QED) is 0.571. The van der Waals surface area contributed by atoms with Crippen LogP contribution in [-0.4, -0.2) is 52.6 Å². The van der Waals surface area contributed by atoms with Gasteiger partial charge in [-0.2, -0.15) is 4.98 Å². The van der Waals surface area contributed by atoms with Gasteiger partial charge in [-0.15, -0.1) is 0 Å². The first-order valence-corrected chi connectivity index (χ1v) is 6.55. The zero-order valence-electron chi connectivity index (χ0n) is 12.3. The van der Waals surface area contributed by atoms with E-state index in [1.807, 2.05) is 6.92 Å². The molecule has 1 atom stereocenters. The van der Waals surface area contributed by atoms with Gasteiger partial charge < -0.3 is 15.0 Å². The van der Waals surface area contributed by atoms with Gasteiger partial charge >= 0.3 is 5.69 Å². The van der Waals surface area contributed by atoms with Crippen molar-refractivity contribution in [3.8, 4) is 5.88 Å². The zero-order chi connectivity index (χ0) is 15.1. The van der Waals surface area contributed by atoms with Gasteiger partial charge in [-0.05, 0) is 20.0 Å².